The van der Waals surface area contributed by atoms with E-state index >= 15 is 0 Å². The van der Waals surface area contributed by atoms with Gasteiger partial charge in [-0.15, -0.1) is 0 Å². The molecule has 1 fully saturated rings. The van der Waals surface area contributed by atoms with E-state index in [1.165, 1.54) is 34.9 Å². The van der Waals surface area contributed by atoms with Gasteiger partial charge in [0.15, 0.2) is 10.9 Å². The van der Waals surface area contributed by atoms with Crippen LogP contribution in [-0.2, 0) is 14.9 Å². The van der Waals surface area contributed by atoms with Crippen LogP contribution in [0.3, 0.4) is 0 Å². The number of hydrogen-bond acceptors (Lipinski definition) is 6. The molecule has 1 aliphatic rings. The van der Waals surface area contributed by atoms with Gasteiger partial charge >= 0.3 is 10.1 Å². The van der Waals surface area contributed by atoms with E-state index in [2.05, 4.69) is 15.9 Å². The van der Waals surface area contributed by atoms with Gasteiger partial charge in [0, 0.05) is 10.0 Å². The maximum atomic E-state index is 13.7. The first-order valence-electron chi connectivity index (χ1n) is 12.6. The van der Waals surface area contributed by atoms with Gasteiger partial charge in [0.2, 0.25) is 0 Å². The summed E-state index contributed by atoms with van der Waals surface area (Å²) in [5.41, 5.74) is 4.57. The molecule has 1 amide bonds. The van der Waals surface area contributed by atoms with Crippen molar-refractivity contribution in [3.63, 3.8) is 0 Å². The van der Waals surface area contributed by atoms with Gasteiger partial charge in [-0.3, -0.25) is 9.69 Å². The molecule has 0 aromatic heterocycles. The molecule has 0 atom stereocenters. The van der Waals surface area contributed by atoms with E-state index in [-0.39, 0.29) is 16.6 Å². The second-order valence-corrected chi connectivity index (χ2v) is 13.8. The highest BCUT2D eigenvalue weighted by atomic mass is 79.9. The quantitative estimate of drug-likeness (QED) is 0.148. The van der Waals surface area contributed by atoms with Crippen molar-refractivity contribution in [3.8, 4) is 5.75 Å². The molecule has 1 aliphatic heterocycles. The summed E-state index contributed by atoms with van der Waals surface area (Å²) in [6.45, 7) is 5.66. The second-order valence-electron chi connectivity index (χ2n) is 9.55. The smallest absolute Gasteiger partial charge is 0.339 e. The van der Waals surface area contributed by atoms with Gasteiger partial charge in [0.05, 0.1) is 20.8 Å². The average molecular weight is 702 g/mol. The Morgan fingerprint density at radius 2 is 1.55 bits per heavy atom. The Bertz CT molecular complexity index is 1890. The van der Waals surface area contributed by atoms with Crippen LogP contribution in [0.15, 0.2) is 98.1 Å². The topological polar surface area (TPSA) is 76.0 Å². The van der Waals surface area contributed by atoms with Gasteiger partial charge in [-0.05, 0) is 120 Å². The van der Waals surface area contributed by atoms with E-state index in [4.69, 9.17) is 32.4 Å². The lowest BCUT2D eigenvalue weighted by Gasteiger charge is -2.16. The Labute approximate surface area is 267 Å². The Kier molecular flexibility index (Phi) is 8.87. The van der Waals surface area contributed by atoms with E-state index < -0.39 is 10.1 Å². The van der Waals surface area contributed by atoms with Crippen molar-refractivity contribution in [2.45, 2.75) is 25.7 Å². The van der Waals surface area contributed by atoms with Crippen LogP contribution < -0.4 is 9.08 Å². The number of amides is 1. The summed E-state index contributed by atoms with van der Waals surface area (Å²) in [7, 11) is -4.03. The van der Waals surface area contributed by atoms with E-state index in [0.29, 0.717) is 41.5 Å². The number of aryl methyl sites for hydroxylation is 3. The summed E-state index contributed by atoms with van der Waals surface area (Å²) < 4.78 is 31.3. The molecule has 214 valence electrons. The van der Waals surface area contributed by atoms with Crippen molar-refractivity contribution in [1.29, 1.82) is 0 Å². The van der Waals surface area contributed by atoms with Gasteiger partial charge < -0.3 is 4.18 Å². The highest BCUT2D eigenvalue weighted by Crippen LogP contribution is 2.39. The van der Waals surface area contributed by atoms with Crippen LogP contribution in [-0.4, -0.2) is 19.5 Å². The minimum absolute atomic E-state index is 0.0529. The Morgan fingerprint density at radius 3 is 2.19 bits per heavy atom. The van der Waals surface area contributed by atoms with Gasteiger partial charge in [-0.1, -0.05) is 59.1 Å². The van der Waals surface area contributed by atoms with Crippen molar-refractivity contribution in [2.75, 3.05) is 4.90 Å². The molecule has 0 bridgehead atoms. The highest BCUT2D eigenvalue weighted by molar-refractivity contribution is 9.10. The summed E-state index contributed by atoms with van der Waals surface area (Å²) in [4.78, 5) is 20.4. The third-order valence-electron chi connectivity index (χ3n) is 6.36. The Hall–Kier alpha value is -3.08. The highest BCUT2D eigenvalue weighted by Gasteiger charge is 2.35. The molecule has 4 aromatic carbocycles. The number of halogens is 3. The molecule has 4 aromatic rings. The molecule has 0 N–H and O–H groups in total. The van der Waals surface area contributed by atoms with Gasteiger partial charge in [0.1, 0.15) is 4.90 Å². The van der Waals surface area contributed by atoms with Crippen molar-refractivity contribution in [2.24, 2.45) is 4.99 Å². The van der Waals surface area contributed by atoms with Crippen LogP contribution in [0.2, 0.25) is 10.0 Å². The fourth-order valence-electron chi connectivity index (χ4n) is 3.96. The second kappa shape index (κ2) is 12.3. The molecule has 1 saturated heterocycles. The third-order valence-corrected chi connectivity index (χ3v) is 10.0. The van der Waals surface area contributed by atoms with Crippen molar-refractivity contribution >= 4 is 89.5 Å². The maximum absolute atomic E-state index is 13.7. The lowest BCUT2D eigenvalue weighted by molar-refractivity contribution is -0.113. The van der Waals surface area contributed by atoms with Crippen molar-refractivity contribution in [1.82, 2.24) is 0 Å². The summed E-state index contributed by atoms with van der Waals surface area (Å²) >= 11 is 17.3. The maximum Gasteiger partial charge on any atom is 0.339 e. The van der Waals surface area contributed by atoms with E-state index in [1.54, 1.807) is 42.5 Å². The number of hydrogen-bond donors (Lipinski definition) is 0. The van der Waals surface area contributed by atoms with E-state index in [0.717, 1.165) is 16.7 Å². The summed E-state index contributed by atoms with van der Waals surface area (Å²) in [6, 6.07) is 22.1. The third kappa shape index (κ3) is 6.61. The first-order valence-corrected chi connectivity index (χ1v) is 16.3. The molecule has 1 heterocycles. The molecule has 11 heteroatoms. The van der Waals surface area contributed by atoms with Crippen LogP contribution in [0.4, 0.5) is 11.4 Å². The first kappa shape index (κ1) is 30.4. The predicted molar refractivity (Wildman–Crippen MR) is 176 cm³/mol. The first-order chi connectivity index (χ1) is 19.9. The largest absolute Gasteiger partial charge is 0.378 e. The van der Waals surface area contributed by atoms with Crippen LogP contribution in [0.25, 0.3) is 6.08 Å². The van der Waals surface area contributed by atoms with Crippen molar-refractivity contribution < 1.29 is 17.4 Å². The number of benzene rings is 4. The standard InChI is InChI=1S/C31H23BrCl2N2O4S2/c1-18-4-11-24(12-5-18)42(38,39)40-28-13-8-21(14-25(28)32)15-29-30(37)36(23-10-7-20(3)27(34)17-23)31(41-29)35-22-9-6-19(2)26(33)16-22/h4-17H,1-3H3/b29-15+,35-31?. The number of nitrogens with zero attached hydrogens (tertiary/aromatic N) is 2. The van der Waals surface area contributed by atoms with Gasteiger partial charge in [-0.2, -0.15) is 8.42 Å². The molecule has 0 aliphatic carbocycles. The number of carbonyl (C=O) groups excluding carboxylic acids is 1. The lowest BCUT2D eigenvalue weighted by atomic mass is 10.2. The monoisotopic (exact) mass is 700 g/mol. The molecule has 5 rings (SSSR count). The molecule has 0 unspecified atom stereocenters. The molecule has 6 nitrogen and oxygen atoms in total. The number of anilines is 1. The fraction of sp³-hybridized carbons (Fsp3) is 0.0968. The number of amidine groups is 1. The van der Waals surface area contributed by atoms with Crippen LogP contribution in [0.1, 0.15) is 22.3 Å². The Balaban J connectivity index is 1.48. The normalized spacial score (nSPS) is 15.6. The minimum Gasteiger partial charge on any atom is -0.378 e. The van der Waals surface area contributed by atoms with Crippen LogP contribution in [0.5, 0.6) is 5.75 Å². The molecule has 0 spiro atoms. The zero-order valence-electron chi connectivity index (χ0n) is 22.6. The van der Waals surface area contributed by atoms with Gasteiger partial charge in [-0.25, -0.2) is 4.99 Å². The number of rotatable bonds is 6. The number of thioether (sulfide) groups is 1. The van der Waals surface area contributed by atoms with Gasteiger partial charge in [0.25, 0.3) is 5.91 Å². The summed E-state index contributed by atoms with van der Waals surface area (Å²) in [5.74, 6) is -0.159. The predicted octanol–water partition coefficient (Wildman–Crippen LogP) is 9.26. The van der Waals surface area contributed by atoms with Crippen LogP contribution in [0, 0.1) is 20.8 Å². The SMILES string of the molecule is Cc1ccc(S(=O)(=O)Oc2ccc(/C=C3/SC(=Nc4ccc(C)c(Cl)c4)N(c4ccc(C)c(Cl)c4)C3=O)cc2Br)cc1. The van der Waals surface area contributed by atoms with Crippen molar-refractivity contribution in [3.05, 3.63) is 121 Å². The molecule has 42 heavy (non-hydrogen) atoms. The van der Waals surface area contributed by atoms with Crippen LogP contribution >= 0.6 is 50.9 Å². The lowest BCUT2D eigenvalue weighted by Crippen LogP contribution is -2.28. The molecule has 0 saturated carbocycles. The fourth-order valence-corrected chi connectivity index (χ4v) is 6.84. The molecular formula is C31H23BrCl2N2O4S2. The minimum atomic E-state index is -4.03. The zero-order valence-corrected chi connectivity index (χ0v) is 27.3. The average Bonchev–Trinajstić information content (AvgIpc) is 3.23. The van der Waals surface area contributed by atoms with E-state index in [1.807, 2.05) is 45.0 Å². The summed E-state index contributed by atoms with van der Waals surface area (Å²) in [6.07, 6.45) is 1.71. The number of carbonyl (C=O) groups is 1. The molecule has 0 radical (unpaired) electrons. The Morgan fingerprint density at radius 1 is 0.881 bits per heavy atom. The zero-order chi connectivity index (χ0) is 30.2. The van der Waals surface area contributed by atoms with E-state index in [9.17, 15) is 13.2 Å². The summed E-state index contributed by atoms with van der Waals surface area (Å²) in [5, 5.41) is 1.54. The molecular weight excluding hydrogens is 679 g/mol. The number of aliphatic imine (C=N–C) groups is 1.